The number of hydrogen-bond donors (Lipinski definition) is 0. The lowest BCUT2D eigenvalue weighted by Gasteiger charge is -2.25. The van der Waals surface area contributed by atoms with Crippen LogP contribution in [0, 0.1) is 0 Å². The van der Waals surface area contributed by atoms with Crippen LogP contribution in [-0.4, -0.2) is 30.0 Å². The van der Waals surface area contributed by atoms with Crippen LogP contribution in [0.4, 0.5) is 11.4 Å². The van der Waals surface area contributed by atoms with Crippen molar-refractivity contribution >= 4 is 34.3 Å². The standard InChI is InChI=1S/C19H18ClN3S/c1-22-9-10-23(17-5-3-16(20)4-6-17)18-7-2-14(12-15(18)13-22)19-21-8-11-24-19/h2-8,11-12H,9-10,13H2,1H3. The van der Waals surface area contributed by atoms with Gasteiger partial charge in [0, 0.05) is 53.2 Å². The quantitative estimate of drug-likeness (QED) is 0.641. The Morgan fingerprint density at radius 2 is 1.92 bits per heavy atom. The maximum atomic E-state index is 6.05. The molecule has 3 aromatic rings. The number of benzene rings is 2. The fourth-order valence-electron chi connectivity index (χ4n) is 3.12. The summed E-state index contributed by atoms with van der Waals surface area (Å²) >= 11 is 7.73. The van der Waals surface area contributed by atoms with Crippen LogP contribution in [0.1, 0.15) is 5.56 Å². The first kappa shape index (κ1) is 15.6. The fourth-order valence-corrected chi connectivity index (χ4v) is 3.89. The van der Waals surface area contributed by atoms with E-state index in [1.54, 1.807) is 11.3 Å². The average molecular weight is 356 g/mol. The number of hydrogen-bond acceptors (Lipinski definition) is 4. The Kier molecular flexibility index (Phi) is 4.27. The lowest BCUT2D eigenvalue weighted by molar-refractivity contribution is 0.343. The summed E-state index contributed by atoms with van der Waals surface area (Å²) < 4.78 is 0. The molecule has 0 amide bonds. The highest BCUT2D eigenvalue weighted by atomic mass is 35.5. The Balaban J connectivity index is 1.78. The van der Waals surface area contributed by atoms with Crippen LogP contribution >= 0.6 is 22.9 Å². The van der Waals surface area contributed by atoms with Gasteiger partial charge in [0.25, 0.3) is 0 Å². The Morgan fingerprint density at radius 3 is 2.67 bits per heavy atom. The fraction of sp³-hybridized carbons (Fsp3) is 0.211. The van der Waals surface area contributed by atoms with E-state index in [9.17, 15) is 0 Å². The van der Waals surface area contributed by atoms with Gasteiger partial charge in [0.1, 0.15) is 5.01 Å². The zero-order valence-corrected chi connectivity index (χ0v) is 15.0. The first-order valence-electron chi connectivity index (χ1n) is 7.95. The van der Waals surface area contributed by atoms with Crippen molar-refractivity contribution in [1.29, 1.82) is 0 Å². The summed E-state index contributed by atoms with van der Waals surface area (Å²) in [4.78, 5) is 9.18. The van der Waals surface area contributed by atoms with Crippen LogP contribution in [0.25, 0.3) is 10.6 Å². The highest BCUT2D eigenvalue weighted by Crippen LogP contribution is 2.35. The molecule has 0 radical (unpaired) electrons. The molecular weight excluding hydrogens is 338 g/mol. The maximum absolute atomic E-state index is 6.05. The molecule has 2 heterocycles. The molecule has 0 bridgehead atoms. The van der Waals surface area contributed by atoms with Crippen molar-refractivity contribution in [2.75, 3.05) is 25.0 Å². The molecule has 0 saturated carbocycles. The van der Waals surface area contributed by atoms with Crippen molar-refractivity contribution in [2.24, 2.45) is 0 Å². The second-order valence-corrected chi connectivity index (χ2v) is 7.38. The highest BCUT2D eigenvalue weighted by molar-refractivity contribution is 7.13. The van der Waals surface area contributed by atoms with Crippen molar-refractivity contribution in [3.05, 3.63) is 64.6 Å². The van der Waals surface area contributed by atoms with Crippen molar-refractivity contribution in [3.63, 3.8) is 0 Å². The van der Waals surface area contributed by atoms with Crippen LogP contribution < -0.4 is 4.90 Å². The van der Waals surface area contributed by atoms with Crippen LogP contribution in [0.3, 0.4) is 0 Å². The number of thiazole rings is 1. The summed E-state index contributed by atoms with van der Waals surface area (Å²) in [6, 6.07) is 14.8. The lowest BCUT2D eigenvalue weighted by Crippen LogP contribution is -2.26. The predicted molar refractivity (Wildman–Crippen MR) is 102 cm³/mol. The van der Waals surface area contributed by atoms with Gasteiger partial charge in [-0.1, -0.05) is 11.6 Å². The summed E-state index contributed by atoms with van der Waals surface area (Å²) in [6.45, 7) is 2.92. The predicted octanol–water partition coefficient (Wildman–Crippen LogP) is 5.05. The molecule has 0 fully saturated rings. The van der Waals surface area contributed by atoms with E-state index in [1.165, 1.54) is 22.5 Å². The largest absolute Gasteiger partial charge is 0.340 e. The molecule has 4 rings (SSSR count). The Labute approximate surface area is 151 Å². The Bertz CT molecular complexity index is 830. The lowest BCUT2D eigenvalue weighted by atomic mass is 10.1. The van der Waals surface area contributed by atoms with Gasteiger partial charge in [0.15, 0.2) is 0 Å². The van der Waals surface area contributed by atoms with Crippen molar-refractivity contribution in [3.8, 4) is 10.6 Å². The number of fused-ring (bicyclic) bond motifs is 1. The zero-order valence-electron chi connectivity index (χ0n) is 13.4. The minimum atomic E-state index is 0.769. The molecule has 2 aromatic carbocycles. The molecule has 0 spiro atoms. The van der Waals surface area contributed by atoms with Gasteiger partial charge in [0.05, 0.1) is 0 Å². The van der Waals surface area contributed by atoms with Gasteiger partial charge < -0.3 is 9.80 Å². The van der Waals surface area contributed by atoms with E-state index in [4.69, 9.17) is 11.6 Å². The van der Waals surface area contributed by atoms with E-state index < -0.39 is 0 Å². The molecule has 0 unspecified atom stereocenters. The van der Waals surface area contributed by atoms with Crippen molar-refractivity contribution in [2.45, 2.75) is 6.54 Å². The monoisotopic (exact) mass is 355 g/mol. The third-order valence-corrected chi connectivity index (χ3v) is 5.41. The number of nitrogens with zero attached hydrogens (tertiary/aromatic N) is 3. The van der Waals surface area contributed by atoms with E-state index in [0.29, 0.717) is 0 Å². The normalized spacial score (nSPS) is 15.2. The topological polar surface area (TPSA) is 19.4 Å². The minimum absolute atomic E-state index is 0.769. The van der Waals surface area contributed by atoms with E-state index in [2.05, 4.69) is 52.2 Å². The molecule has 3 nitrogen and oxygen atoms in total. The molecule has 24 heavy (non-hydrogen) atoms. The van der Waals surface area contributed by atoms with Gasteiger partial charge in [-0.3, -0.25) is 0 Å². The molecular formula is C19H18ClN3S. The van der Waals surface area contributed by atoms with E-state index in [1.807, 2.05) is 23.7 Å². The summed E-state index contributed by atoms with van der Waals surface area (Å²) in [5.74, 6) is 0. The van der Waals surface area contributed by atoms with Crippen molar-refractivity contribution in [1.82, 2.24) is 9.88 Å². The van der Waals surface area contributed by atoms with E-state index >= 15 is 0 Å². The minimum Gasteiger partial charge on any atom is -0.340 e. The zero-order chi connectivity index (χ0) is 16.5. The summed E-state index contributed by atoms with van der Waals surface area (Å²) in [6.07, 6.45) is 1.86. The Morgan fingerprint density at radius 1 is 1.08 bits per heavy atom. The molecule has 1 aliphatic rings. The third kappa shape index (κ3) is 3.05. The molecule has 0 atom stereocenters. The van der Waals surface area contributed by atoms with Crippen LogP contribution in [0.15, 0.2) is 54.0 Å². The second kappa shape index (κ2) is 6.55. The SMILES string of the molecule is CN1CCN(c2ccc(Cl)cc2)c2ccc(-c3nccs3)cc2C1. The van der Waals surface area contributed by atoms with Gasteiger partial charge in [0.2, 0.25) is 0 Å². The van der Waals surface area contributed by atoms with Gasteiger partial charge in [-0.2, -0.15) is 0 Å². The molecule has 1 aromatic heterocycles. The second-order valence-electron chi connectivity index (χ2n) is 6.05. The van der Waals surface area contributed by atoms with E-state index in [0.717, 1.165) is 29.7 Å². The maximum Gasteiger partial charge on any atom is 0.123 e. The van der Waals surface area contributed by atoms with Crippen LogP contribution in [-0.2, 0) is 6.54 Å². The molecule has 0 saturated heterocycles. The molecule has 1 aliphatic heterocycles. The molecule has 5 heteroatoms. The van der Waals surface area contributed by atoms with E-state index in [-0.39, 0.29) is 0 Å². The number of rotatable bonds is 2. The van der Waals surface area contributed by atoms with Gasteiger partial charge in [-0.15, -0.1) is 11.3 Å². The Hall–Kier alpha value is -1.88. The summed E-state index contributed by atoms with van der Waals surface area (Å²) in [5.41, 5.74) is 4.97. The molecule has 122 valence electrons. The first-order chi connectivity index (χ1) is 11.7. The van der Waals surface area contributed by atoms with Gasteiger partial charge >= 0.3 is 0 Å². The average Bonchev–Trinajstić information content (AvgIpc) is 3.06. The number of aromatic nitrogens is 1. The number of likely N-dealkylation sites (N-methyl/N-ethyl adjacent to an activating group) is 1. The van der Waals surface area contributed by atoms with Crippen molar-refractivity contribution < 1.29 is 0 Å². The summed E-state index contributed by atoms with van der Waals surface area (Å²) in [5, 5.41) is 3.86. The molecule has 0 aliphatic carbocycles. The third-order valence-electron chi connectivity index (χ3n) is 4.33. The smallest absolute Gasteiger partial charge is 0.123 e. The van der Waals surface area contributed by atoms with Gasteiger partial charge in [-0.05, 0) is 55.1 Å². The van der Waals surface area contributed by atoms with Crippen LogP contribution in [0.2, 0.25) is 5.02 Å². The molecule has 0 N–H and O–H groups in total. The van der Waals surface area contributed by atoms with Crippen LogP contribution in [0.5, 0.6) is 0 Å². The number of halogens is 1. The van der Waals surface area contributed by atoms with Gasteiger partial charge in [-0.25, -0.2) is 4.98 Å². The highest BCUT2D eigenvalue weighted by Gasteiger charge is 2.20. The summed E-state index contributed by atoms with van der Waals surface area (Å²) in [7, 11) is 2.17. The number of anilines is 2. The first-order valence-corrected chi connectivity index (χ1v) is 9.21.